The smallest absolute Gasteiger partial charge is 0.312 e. The zero-order valence-corrected chi connectivity index (χ0v) is 11.4. The molecule has 0 amide bonds. The first-order chi connectivity index (χ1) is 9.87. The van der Waals surface area contributed by atoms with Gasteiger partial charge in [0, 0.05) is 25.4 Å². The van der Waals surface area contributed by atoms with Gasteiger partial charge in [0.15, 0.2) is 0 Å². The molecule has 0 bridgehead atoms. The van der Waals surface area contributed by atoms with Crippen molar-refractivity contribution in [2.24, 2.45) is 5.41 Å². The number of carbonyl (C=O) groups is 1. The lowest BCUT2D eigenvalue weighted by atomic mass is 9.80. The minimum Gasteiger partial charge on any atom is -0.481 e. The monoisotopic (exact) mass is 290 g/mol. The summed E-state index contributed by atoms with van der Waals surface area (Å²) in [4.78, 5) is 27.4. The number of nitro groups is 1. The molecule has 8 heteroatoms. The molecule has 1 fully saturated rings. The van der Waals surface area contributed by atoms with E-state index in [0.29, 0.717) is 25.9 Å². The van der Waals surface area contributed by atoms with E-state index in [1.165, 1.54) is 12.3 Å². The van der Waals surface area contributed by atoms with Crippen molar-refractivity contribution >= 4 is 17.5 Å². The highest BCUT2D eigenvalue weighted by Gasteiger charge is 2.38. The van der Waals surface area contributed by atoms with Gasteiger partial charge in [-0.05, 0) is 19.8 Å². The number of carboxylic acids is 1. The molecule has 1 aliphatic heterocycles. The second kappa shape index (κ2) is 5.36. The van der Waals surface area contributed by atoms with Gasteiger partial charge in [0.2, 0.25) is 5.82 Å². The van der Waals surface area contributed by atoms with E-state index < -0.39 is 16.3 Å². The second-order valence-electron chi connectivity index (χ2n) is 5.29. The molecule has 0 aliphatic carbocycles. The van der Waals surface area contributed by atoms with Gasteiger partial charge < -0.3 is 10.0 Å². The van der Waals surface area contributed by atoms with Crippen LogP contribution in [0.5, 0.6) is 0 Å². The van der Waals surface area contributed by atoms with Crippen LogP contribution in [0.25, 0.3) is 0 Å². The average Bonchev–Trinajstić information content (AvgIpc) is 2.47. The van der Waals surface area contributed by atoms with Crippen LogP contribution in [0.15, 0.2) is 12.3 Å². The van der Waals surface area contributed by atoms with E-state index in [2.05, 4.69) is 4.98 Å². The van der Waals surface area contributed by atoms with Crippen LogP contribution in [0.1, 0.15) is 25.3 Å². The maximum absolute atomic E-state index is 11.2. The summed E-state index contributed by atoms with van der Waals surface area (Å²) in [5, 5.41) is 29.1. The summed E-state index contributed by atoms with van der Waals surface area (Å²) in [6.45, 7) is 2.43. The molecule has 21 heavy (non-hydrogen) atoms. The van der Waals surface area contributed by atoms with Gasteiger partial charge in [0.05, 0.1) is 15.9 Å². The van der Waals surface area contributed by atoms with Gasteiger partial charge in [-0.15, -0.1) is 0 Å². The Morgan fingerprint density at radius 2 is 2.19 bits per heavy atom. The van der Waals surface area contributed by atoms with E-state index in [1.54, 1.807) is 11.8 Å². The number of nitriles is 1. The maximum Gasteiger partial charge on any atom is 0.312 e. The summed E-state index contributed by atoms with van der Waals surface area (Å²) < 4.78 is 0. The van der Waals surface area contributed by atoms with Crippen molar-refractivity contribution in [2.45, 2.75) is 19.8 Å². The summed E-state index contributed by atoms with van der Waals surface area (Å²) in [5.74, 6) is -0.670. The first-order valence-electron chi connectivity index (χ1n) is 6.40. The third-order valence-corrected chi connectivity index (χ3v) is 3.86. The Labute approximate surface area is 120 Å². The van der Waals surface area contributed by atoms with Crippen molar-refractivity contribution in [3.05, 3.63) is 27.9 Å². The fourth-order valence-corrected chi connectivity index (χ4v) is 2.31. The van der Waals surface area contributed by atoms with E-state index in [4.69, 9.17) is 5.26 Å². The quantitative estimate of drug-likeness (QED) is 0.662. The lowest BCUT2D eigenvalue weighted by Crippen LogP contribution is -2.43. The molecule has 2 heterocycles. The van der Waals surface area contributed by atoms with Crippen molar-refractivity contribution < 1.29 is 14.8 Å². The number of aliphatic carboxylic acids is 1. The molecule has 0 atom stereocenters. The topological polar surface area (TPSA) is 120 Å². The zero-order valence-electron chi connectivity index (χ0n) is 11.4. The van der Waals surface area contributed by atoms with Gasteiger partial charge in [0.25, 0.3) is 0 Å². The van der Waals surface area contributed by atoms with Gasteiger partial charge in [0.1, 0.15) is 6.07 Å². The second-order valence-corrected chi connectivity index (χ2v) is 5.29. The molecule has 0 spiro atoms. The molecule has 1 N–H and O–H groups in total. The largest absolute Gasteiger partial charge is 0.481 e. The predicted octanol–water partition coefficient (Wildman–Crippen LogP) is 1.55. The third-order valence-electron chi connectivity index (χ3n) is 3.86. The number of pyridine rings is 1. The SMILES string of the molecule is CC1(C(=O)O)CCN(c2ncc(C#N)cc2[N+](=O)[O-])CC1. The molecular formula is C13H14N4O4. The van der Waals surface area contributed by atoms with Crippen LogP contribution in [-0.2, 0) is 4.79 Å². The first-order valence-corrected chi connectivity index (χ1v) is 6.40. The van der Waals surface area contributed by atoms with Gasteiger partial charge in [-0.1, -0.05) is 0 Å². The molecule has 1 aliphatic rings. The number of carboxylic acid groups (broad SMARTS) is 1. The number of rotatable bonds is 3. The highest BCUT2D eigenvalue weighted by Crippen LogP contribution is 2.35. The molecule has 0 saturated carbocycles. The maximum atomic E-state index is 11.2. The van der Waals surface area contributed by atoms with E-state index in [-0.39, 0.29) is 17.1 Å². The Balaban J connectivity index is 2.27. The molecule has 1 aromatic rings. The fourth-order valence-electron chi connectivity index (χ4n) is 2.31. The Kier molecular flexibility index (Phi) is 3.76. The summed E-state index contributed by atoms with van der Waals surface area (Å²) >= 11 is 0. The molecule has 1 aromatic heterocycles. The van der Waals surface area contributed by atoms with E-state index in [9.17, 15) is 20.0 Å². The molecule has 1 saturated heterocycles. The van der Waals surface area contributed by atoms with Crippen molar-refractivity contribution in [2.75, 3.05) is 18.0 Å². The van der Waals surface area contributed by atoms with Crippen LogP contribution in [0.4, 0.5) is 11.5 Å². The first kappa shape index (κ1) is 14.7. The highest BCUT2D eigenvalue weighted by atomic mass is 16.6. The van der Waals surface area contributed by atoms with Gasteiger partial charge in [-0.25, -0.2) is 4.98 Å². The molecule has 110 valence electrons. The van der Waals surface area contributed by atoms with Crippen LogP contribution >= 0.6 is 0 Å². The number of aromatic nitrogens is 1. The van der Waals surface area contributed by atoms with Crippen molar-refractivity contribution in [3.63, 3.8) is 0 Å². The van der Waals surface area contributed by atoms with Gasteiger partial charge in [-0.2, -0.15) is 5.26 Å². The fraction of sp³-hybridized carbons (Fsp3) is 0.462. The van der Waals surface area contributed by atoms with E-state index in [0.717, 1.165) is 0 Å². The van der Waals surface area contributed by atoms with Crippen LogP contribution < -0.4 is 4.90 Å². The van der Waals surface area contributed by atoms with Gasteiger partial charge >= 0.3 is 11.7 Å². The van der Waals surface area contributed by atoms with Crippen LogP contribution in [0.2, 0.25) is 0 Å². The molecule has 8 nitrogen and oxygen atoms in total. The highest BCUT2D eigenvalue weighted by molar-refractivity contribution is 5.74. The van der Waals surface area contributed by atoms with E-state index >= 15 is 0 Å². The minimum absolute atomic E-state index is 0.123. The number of hydrogen-bond acceptors (Lipinski definition) is 6. The lowest BCUT2D eigenvalue weighted by Gasteiger charge is -2.36. The minimum atomic E-state index is -0.857. The molecule has 0 radical (unpaired) electrons. The van der Waals surface area contributed by atoms with Crippen molar-refractivity contribution in [1.29, 1.82) is 5.26 Å². The Morgan fingerprint density at radius 3 is 2.67 bits per heavy atom. The summed E-state index contributed by atoms with van der Waals surface area (Å²) in [7, 11) is 0. The van der Waals surface area contributed by atoms with Gasteiger partial charge in [-0.3, -0.25) is 14.9 Å². The molecular weight excluding hydrogens is 276 g/mol. The zero-order chi connectivity index (χ0) is 15.6. The van der Waals surface area contributed by atoms with Crippen LogP contribution in [0, 0.1) is 26.9 Å². The Bertz CT molecular complexity index is 630. The van der Waals surface area contributed by atoms with Crippen molar-refractivity contribution in [1.82, 2.24) is 4.98 Å². The number of nitrogens with zero attached hydrogens (tertiary/aromatic N) is 4. The number of anilines is 1. The lowest BCUT2D eigenvalue weighted by molar-refractivity contribution is -0.384. The Morgan fingerprint density at radius 1 is 1.57 bits per heavy atom. The normalized spacial score (nSPS) is 17.0. The Hall–Kier alpha value is -2.69. The molecule has 0 aromatic carbocycles. The predicted molar refractivity (Wildman–Crippen MR) is 72.8 cm³/mol. The third kappa shape index (κ3) is 2.76. The number of piperidine rings is 1. The molecule has 0 unspecified atom stereocenters. The average molecular weight is 290 g/mol. The van der Waals surface area contributed by atoms with Crippen LogP contribution in [0.3, 0.4) is 0 Å². The summed E-state index contributed by atoms with van der Waals surface area (Å²) in [6.07, 6.45) is 2.07. The number of hydrogen-bond donors (Lipinski definition) is 1. The molecule has 2 rings (SSSR count). The van der Waals surface area contributed by atoms with Crippen LogP contribution in [-0.4, -0.2) is 34.1 Å². The standard InChI is InChI=1S/C13H14N4O4/c1-13(12(18)19)2-4-16(5-3-13)11-10(17(20)21)6-9(7-14)8-15-11/h6,8H,2-5H2,1H3,(H,18,19). The van der Waals surface area contributed by atoms with E-state index in [1.807, 2.05) is 6.07 Å². The summed E-state index contributed by atoms with van der Waals surface area (Å²) in [5.41, 5.74) is -0.913. The summed E-state index contributed by atoms with van der Waals surface area (Å²) in [6, 6.07) is 3.01. The van der Waals surface area contributed by atoms with Crippen molar-refractivity contribution in [3.8, 4) is 6.07 Å².